The van der Waals surface area contributed by atoms with Crippen LogP contribution in [0.3, 0.4) is 0 Å². The van der Waals surface area contributed by atoms with E-state index in [4.69, 9.17) is 19.5 Å². The van der Waals surface area contributed by atoms with Crippen molar-refractivity contribution in [2.45, 2.75) is 6.18 Å². The Balaban J connectivity index is 2.23. The number of aromatic nitrogens is 1. The minimum absolute atomic E-state index is 0.0592. The molecule has 0 bridgehead atoms. The van der Waals surface area contributed by atoms with E-state index in [0.29, 0.717) is 35.7 Å². The number of nitrogens with zero attached hydrogens (tertiary/aromatic N) is 2. The van der Waals surface area contributed by atoms with Crippen LogP contribution in [-0.2, 0) is 15.7 Å². The Morgan fingerprint density at radius 2 is 1.96 bits per heavy atom. The Hall–Kier alpha value is -2.63. The summed E-state index contributed by atoms with van der Waals surface area (Å²) in [7, 11) is 1.54. The molecule has 0 saturated carbocycles. The van der Waals surface area contributed by atoms with Crippen LogP contribution in [0.25, 0.3) is 11.1 Å². The van der Waals surface area contributed by atoms with E-state index in [1.54, 1.807) is 19.2 Å². The third-order valence-electron chi connectivity index (χ3n) is 3.20. The second-order valence-corrected chi connectivity index (χ2v) is 4.92. The summed E-state index contributed by atoms with van der Waals surface area (Å²) in [5, 5.41) is 9.03. The molecule has 0 amide bonds. The molecule has 0 aliphatic heterocycles. The summed E-state index contributed by atoms with van der Waals surface area (Å²) in [4.78, 5) is 3.43. The lowest BCUT2D eigenvalue weighted by molar-refractivity contribution is -0.141. The van der Waals surface area contributed by atoms with Gasteiger partial charge in [-0.25, -0.2) is 0 Å². The first-order chi connectivity index (χ1) is 12.0. The van der Waals surface area contributed by atoms with Crippen LogP contribution >= 0.6 is 0 Å². The molecule has 25 heavy (non-hydrogen) atoms. The number of rotatable bonds is 7. The van der Waals surface area contributed by atoms with E-state index >= 15 is 0 Å². The SMILES string of the molecule is COCCOCOc1ccc(C#N)cc1-c1ccc(C(F)(F)F)nc1. The fourth-order valence-electron chi connectivity index (χ4n) is 1.98. The fraction of sp³-hybridized carbons (Fsp3) is 0.294. The van der Waals surface area contributed by atoms with Crippen molar-refractivity contribution in [3.05, 3.63) is 47.8 Å². The van der Waals surface area contributed by atoms with Gasteiger partial charge in [0.05, 0.1) is 24.8 Å². The van der Waals surface area contributed by atoms with Crippen molar-refractivity contribution in [2.75, 3.05) is 27.1 Å². The van der Waals surface area contributed by atoms with Crippen LogP contribution in [0.15, 0.2) is 36.5 Å². The lowest BCUT2D eigenvalue weighted by Crippen LogP contribution is -2.09. The van der Waals surface area contributed by atoms with E-state index in [-0.39, 0.29) is 6.79 Å². The van der Waals surface area contributed by atoms with Crippen molar-refractivity contribution < 1.29 is 27.4 Å². The highest BCUT2D eigenvalue weighted by molar-refractivity contribution is 5.71. The zero-order valence-electron chi connectivity index (χ0n) is 13.3. The minimum Gasteiger partial charge on any atom is -0.467 e. The first kappa shape index (κ1) is 18.7. The summed E-state index contributed by atoms with van der Waals surface area (Å²) in [5.41, 5.74) is 0.216. The van der Waals surface area contributed by atoms with Crippen molar-refractivity contribution in [1.29, 1.82) is 5.26 Å². The Labute approximate surface area is 142 Å². The highest BCUT2D eigenvalue weighted by atomic mass is 19.4. The molecule has 132 valence electrons. The van der Waals surface area contributed by atoms with E-state index < -0.39 is 11.9 Å². The highest BCUT2D eigenvalue weighted by Gasteiger charge is 2.32. The molecule has 2 aromatic rings. The number of nitriles is 1. The van der Waals surface area contributed by atoms with Gasteiger partial charge in [-0.05, 0) is 24.3 Å². The third-order valence-corrected chi connectivity index (χ3v) is 3.20. The minimum atomic E-state index is -4.51. The van der Waals surface area contributed by atoms with Gasteiger partial charge in [-0.15, -0.1) is 0 Å². The van der Waals surface area contributed by atoms with Crippen LogP contribution in [0.4, 0.5) is 13.2 Å². The predicted molar refractivity (Wildman–Crippen MR) is 82.7 cm³/mol. The van der Waals surface area contributed by atoms with Crippen LogP contribution < -0.4 is 4.74 Å². The van der Waals surface area contributed by atoms with Crippen molar-refractivity contribution in [3.8, 4) is 22.9 Å². The van der Waals surface area contributed by atoms with Gasteiger partial charge in [0, 0.05) is 24.4 Å². The number of pyridine rings is 1. The molecule has 0 N–H and O–H groups in total. The summed E-state index contributed by atoms with van der Waals surface area (Å²) in [5.74, 6) is 0.373. The van der Waals surface area contributed by atoms with Crippen LogP contribution in [0, 0.1) is 11.3 Å². The topological polar surface area (TPSA) is 64.4 Å². The molecule has 1 aromatic heterocycles. The predicted octanol–water partition coefficient (Wildman–Crippen LogP) is 3.64. The average Bonchev–Trinajstić information content (AvgIpc) is 2.61. The summed E-state index contributed by atoms with van der Waals surface area (Å²) >= 11 is 0. The Morgan fingerprint density at radius 3 is 2.56 bits per heavy atom. The molecule has 0 saturated heterocycles. The maximum Gasteiger partial charge on any atom is 0.433 e. The summed E-state index contributed by atoms with van der Waals surface area (Å²) < 4.78 is 53.4. The molecule has 0 radical (unpaired) electrons. The molecule has 1 heterocycles. The van der Waals surface area contributed by atoms with Crippen LogP contribution in [0.2, 0.25) is 0 Å². The molecule has 0 spiro atoms. The Bertz CT molecular complexity index is 740. The molecule has 0 unspecified atom stereocenters. The summed E-state index contributed by atoms with van der Waals surface area (Å²) in [6, 6.07) is 8.78. The molecule has 0 fully saturated rings. The average molecular weight is 352 g/mol. The second kappa shape index (κ2) is 8.46. The fourth-order valence-corrected chi connectivity index (χ4v) is 1.98. The Kier molecular flexibility index (Phi) is 6.33. The Morgan fingerprint density at radius 1 is 1.16 bits per heavy atom. The van der Waals surface area contributed by atoms with E-state index in [1.165, 1.54) is 12.1 Å². The van der Waals surface area contributed by atoms with Crippen LogP contribution in [0.1, 0.15) is 11.3 Å². The highest BCUT2D eigenvalue weighted by Crippen LogP contribution is 2.33. The normalized spacial score (nSPS) is 11.2. The first-order valence-corrected chi connectivity index (χ1v) is 7.23. The number of methoxy groups -OCH3 is 1. The van der Waals surface area contributed by atoms with Gasteiger partial charge in [0.2, 0.25) is 0 Å². The van der Waals surface area contributed by atoms with Crippen LogP contribution in [-0.4, -0.2) is 32.1 Å². The van der Waals surface area contributed by atoms with E-state index in [9.17, 15) is 13.2 Å². The molecular weight excluding hydrogens is 337 g/mol. The quantitative estimate of drug-likeness (QED) is 0.562. The van der Waals surface area contributed by atoms with Gasteiger partial charge in [0.25, 0.3) is 0 Å². The van der Waals surface area contributed by atoms with Crippen molar-refractivity contribution in [2.24, 2.45) is 0 Å². The number of alkyl halides is 3. The maximum absolute atomic E-state index is 12.6. The largest absolute Gasteiger partial charge is 0.467 e. The van der Waals surface area contributed by atoms with Gasteiger partial charge < -0.3 is 14.2 Å². The smallest absolute Gasteiger partial charge is 0.433 e. The number of halogens is 3. The lowest BCUT2D eigenvalue weighted by atomic mass is 10.0. The van der Waals surface area contributed by atoms with Gasteiger partial charge in [-0.1, -0.05) is 6.07 Å². The van der Waals surface area contributed by atoms with E-state index in [1.807, 2.05) is 6.07 Å². The first-order valence-electron chi connectivity index (χ1n) is 7.23. The molecule has 0 atom stereocenters. The molecule has 1 aromatic carbocycles. The molecule has 2 rings (SSSR count). The van der Waals surface area contributed by atoms with Crippen molar-refractivity contribution in [3.63, 3.8) is 0 Å². The molecule has 0 aliphatic carbocycles. The maximum atomic E-state index is 12.6. The van der Waals surface area contributed by atoms with Crippen LogP contribution in [0.5, 0.6) is 5.75 Å². The summed E-state index contributed by atoms with van der Waals surface area (Å²) in [6.45, 7) is 0.687. The molecule has 5 nitrogen and oxygen atoms in total. The van der Waals surface area contributed by atoms with E-state index in [2.05, 4.69) is 4.98 Å². The summed E-state index contributed by atoms with van der Waals surface area (Å²) in [6.07, 6.45) is -3.42. The van der Waals surface area contributed by atoms with Gasteiger partial charge in [-0.2, -0.15) is 18.4 Å². The number of hydrogen-bond acceptors (Lipinski definition) is 5. The number of hydrogen-bond donors (Lipinski definition) is 0. The van der Waals surface area contributed by atoms with E-state index in [0.717, 1.165) is 12.3 Å². The van der Waals surface area contributed by atoms with Gasteiger partial charge in [0.15, 0.2) is 6.79 Å². The standard InChI is InChI=1S/C17H15F3N2O3/c1-23-6-7-24-11-25-15-4-2-12(9-21)8-14(15)13-3-5-16(22-10-13)17(18,19)20/h2-5,8,10H,6-7,11H2,1H3. The van der Waals surface area contributed by atoms with Gasteiger partial charge >= 0.3 is 6.18 Å². The molecule has 0 aliphatic rings. The number of ether oxygens (including phenoxy) is 3. The second-order valence-electron chi connectivity index (χ2n) is 4.92. The van der Waals surface area contributed by atoms with Gasteiger partial charge in [0.1, 0.15) is 11.4 Å². The zero-order chi connectivity index (χ0) is 18.3. The monoisotopic (exact) mass is 352 g/mol. The number of benzene rings is 1. The van der Waals surface area contributed by atoms with Crippen molar-refractivity contribution >= 4 is 0 Å². The molecular formula is C17H15F3N2O3. The lowest BCUT2D eigenvalue weighted by Gasteiger charge is -2.13. The molecule has 8 heteroatoms. The van der Waals surface area contributed by atoms with Gasteiger partial charge in [-0.3, -0.25) is 4.98 Å². The third kappa shape index (κ3) is 5.17. The van der Waals surface area contributed by atoms with Crippen molar-refractivity contribution in [1.82, 2.24) is 4.98 Å². The zero-order valence-corrected chi connectivity index (χ0v) is 13.3.